The van der Waals surface area contributed by atoms with E-state index in [4.69, 9.17) is 5.11 Å². The van der Waals surface area contributed by atoms with Crippen molar-refractivity contribution in [3.8, 4) is 5.75 Å². The van der Waals surface area contributed by atoms with Crippen LogP contribution in [-0.2, 0) is 11.1 Å². The van der Waals surface area contributed by atoms with Gasteiger partial charge in [-0.15, -0.1) is 0 Å². The van der Waals surface area contributed by atoms with E-state index in [1.54, 1.807) is 0 Å². The van der Waals surface area contributed by atoms with Crippen LogP contribution in [-0.4, -0.2) is 13.9 Å². The fraction of sp³-hybridized carbons (Fsp3) is 0. The molecule has 0 heterocycles. The molecule has 3 nitrogen and oxygen atoms in total. The molecule has 0 amide bonds. The minimum Gasteiger partial charge on any atom is -0.768 e. The van der Waals surface area contributed by atoms with E-state index in [1.165, 1.54) is 0 Å². The summed E-state index contributed by atoms with van der Waals surface area (Å²) in [5.74, 6) is -1.17. The van der Waals surface area contributed by atoms with Crippen LogP contribution in [0.1, 0.15) is 0 Å². The Bertz CT molecular complexity index is 285. The molecule has 60 valence electrons. The third-order valence-corrected chi connectivity index (χ3v) is 1.67. The third-order valence-electron chi connectivity index (χ3n) is 1.05. The molecule has 1 aromatic rings. The molecular weight excluding hydrogens is 194 g/mol. The summed E-state index contributed by atoms with van der Waals surface area (Å²) in [7, 11) is 0. The first-order chi connectivity index (χ1) is 5.09. The van der Waals surface area contributed by atoms with Crippen LogP contribution in [0.2, 0.25) is 0 Å². The summed E-state index contributed by atoms with van der Waals surface area (Å²) >= 11 is -2.50. The zero-order valence-electron chi connectivity index (χ0n) is 6.28. The van der Waals surface area contributed by atoms with Crippen LogP contribution < -0.4 is 29.6 Å². The Morgan fingerprint density at radius 2 is 2.00 bits per heavy atom. The van der Waals surface area contributed by atoms with Gasteiger partial charge in [-0.2, -0.15) is 0 Å². The van der Waals surface area contributed by atoms with Crippen molar-refractivity contribution in [1.29, 1.82) is 0 Å². The largest absolute Gasteiger partial charge is 1.00 e. The molecule has 0 saturated heterocycles. The quantitative estimate of drug-likeness (QED) is 0.410. The second-order valence-electron chi connectivity index (χ2n) is 1.88. The second-order valence-corrected chi connectivity index (χ2v) is 2.82. The van der Waals surface area contributed by atoms with Gasteiger partial charge in [0.1, 0.15) is 11.6 Å². The molecule has 0 bridgehead atoms. The van der Waals surface area contributed by atoms with Crippen molar-refractivity contribution in [3.05, 3.63) is 24.0 Å². The Hall–Kier alpha value is 0.0600. The van der Waals surface area contributed by atoms with Gasteiger partial charge in [0.2, 0.25) is 0 Å². The molecule has 0 aliphatic rings. The van der Waals surface area contributed by atoms with Crippen molar-refractivity contribution in [3.63, 3.8) is 0 Å². The molecule has 1 aromatic carbocycles. The maximum absolute atomic E-state index is 12.4. The van der Waals surface area contributed by atoms with Crippen LogP contribution in [0.4, 0.5) is 4.39 Å². The first-order valence-electron chi connectivity index (χ1n) is 2.68. The molecule has 0 aliphatic heterocycles. The fourth-order valence-corrected chi connectivity index (χ4v) is 1.07. The molecule has 1 atom stereocenters. The summed E-state index contributed by atoms with van der Waals surface area (Å²) in [5.41, 5.74) is 0. The number of rotatable bonds is 1. The van der Waals surface area contributed by atoms with Gasteiger partial charge in [0.25, 0.3) is 0 Å². The molecule has 0 aliphatic carbocycles. The topological polar surface area (TPSA) is 60.4 Å². The summed E-state index contributed by atoms with van der Waals surface area (Å²) < 4.78 is 32.8. The fourth-order valence-electron chi connectivity index (χ4n) is 0.644. The number of aromatic hydroxyl groups is 1. The normalized spacial score (nSPS) is 11.8. The van der Waals surface area contributed by atoms with Crippen molar-refractivity contribution < 1.29 is 47.8 Å². The molecule has 0 radical (unpaired) electrons. The number of hydrogen-bond donors (Lipinski definition) is 1. The van der Waals surface area contributed by atoms with Gasteiger partial charge in [0.05, 0.1) is 0 Å². The maximum atomic E-state index is 12.4. The summed E-state index contributed by atoms with van der Waals surface area (Å²) in [6.45, 7) is 0. The first-order valence-corrected chi connectivity index (χ1v) is 3.76. The van der Waals surface area contributed by atoms with Crippen LogP contribution in [0.3, 0.4) is 0 Å². The van der Waals surface area contributed by atoms with E-state index in [-0.39, 0.29) is 34.5 Å². The van der Waals surface area contributed by atoms with Crippen LogP contribution in [0.5, 0.6) is 5.75 Å². The molecule has 0 fully saturated rings. The minimum atomic E-state index is -2.50. The summed E-state index contributed by atoms with van der Waals surface area (Å²) in [6, 6.07) is 2.62. The Balaban J connectivity index is 0.00000121. The Morgan fingerprint density at radius 1 is 1.42 bits per heavy atom. The van der Waals surface area contributed by atoms with Gasteiger partial charge in [-0.1, -0.05) is 0 Å². The monoisotopic (exact) mass is 198 g/mol. The van der Waals surface area contributed by atoms with Crippen LogP contribution >= 0.6 is 0 Å². The predicted molar refractivity (Wildman–Crippen MR) is 35.3 cm³/mol. The van der Waals surface area contributed by atoms with E-state index < -0.39 is 22.6 Å². The Kier molecular flexibility index (Phi) is 4.96. The van der Waals surface area contributed by atoms with E-state index in [9.17, 15) is 13.2 Å². The van der Waals surface area contributed by atoms with Gasteiger partial charge in [0, 0.05) is 11.0 Å². The number of hydrogen-bond acceptors (Lipinski definition) is 3. The molecule has 12 heavy (non-hydrogen) atoms. The second kappa shape index (κ2) is 4.94. The standard InChI is InChI=1S/C6H5FO3S.Na/c7-4-1-5(8)3-6(2-4)11(9)10;/h1-3,8H,(H,9,10);/q;+1/p-1. The van der Waals surface area contributed by atoms with Gasteiger partial charge < -0.3 is 9.66 Å². The van der Waals surface area contributed by atoms with Gasteiger partial charge in [-0.05, 0) is 23.2 Å². The summed E-state index contributed by atoms with van der Waals surface area (Å²) in [4.78, 5) is -0.262. The minimum absolute atomic E-state index is 0. The summed E-state index contributed by atoms with van der Waals surface area (Å²) in [5, 5.41) is 8.73. The van der Waals surface area contributed by atoms with E-state index in [2.05, 4.69) is 0 Å². The van der Waals surface area contributed by atoms with Gasteiger partial charge >= 0.3 is 29.6 Å². The van der Waals surface area contributed by atoms with Crippen molar-refractivity contribution in [2.24, 2.45) is 0 Å². The number of phenolic OH excluding ortho intramolecular Hbond substituents is 1. The van der Waals surface area contributed by atoms with Crippen molar-refractivity contribution in [2.75, 3.05) is 0 Å². The SMILES string of the molecule is O=S([O-])c1cc(O)cc(F)c1.[Na+]. The van der Waals surface area contributed by atoms with E-state index in [0.29, 0.717) is 0 Å². The summed E-state index contributed by atoms with van der Waals surface area (Å²) in [6.07, 6.45) is 0. The van der Waals surface area contributed by atoms with Crippen LogP contribution in [0.25, 0.3) is 0 Å². The van der Waals surface area contributed by atoms with Crippen LogP contribution in [0.15, 0.2) is 23.1 Å². The smallest absolute Gasteiger partial charge is 0.768 e. The average Bonchev–Trinajstić information content (AvgIpc) is 1.85. The van der Waals surface area contributed by atoms with Crippen LogP contribution in [0, 0.1) is 5.82 Å². The molecule has 0 saturated carbocycles. The Morgan fingerprint density at radius 3 is 2.42 bits per heavy atom. The molecule has 1 N–H and O–H groups in total. The molecule has 1 rings (SSSR count). The predicted octanol–water partition coefficient (Wildman–Crippen LogP) is -2.23. The molecule has 1 unspecified atom stereocenters. The maximum Gasteiger partial charge on any atom is 1.00 e. The first kappa shape index (κ1) is 12.1. The zero-order chi connectivity index (χ0) is 8.43. The Labute approximate surface area is 93.2 Å². The van der Waals surface area contributed by atoms with E-state index >= 15 is 0 Å². The van der Waals surface area contributed by atoms with Gasteiger partial charge in [-0.25, -0.2) is 4.39 Å². The molecule has 6 heteroatoms. The third kappa shape index (κ3) is 3.20. The average molecular weight is 198 g/mol. The van der Waals surface area contributed by atoms with Crippen molar-refractivity contribution in [2.45, 2.75) is 4.90 Å². The zero-order valence-corrected chi connectivity index (χ0v) is 9.10. The molecule has 0 aromatic heterocycles. The number of benzene rings is 1. The molecular formula is C6H4FNaO3S. The van der Waals surface area contributed by atoms with Crippen molar-refractivity contribution >= 4 is 11.1 Å². The number of phenols is 1. The van der Waals surface area contributed by atoms with Crippen molar-refractivity contribution in [1.82, 2.24) is 0 Å². The van der Waals surface area contributed by atoms with Gasteiger partial charge in [-0.3, -0.25) is 4.21 Å². The molecule has 0 spiro atoms. The van der Waals surface area contributed by atoms with E-state index in [1.807, 2.05) is 0 Å². The van der Waals surface area contributed by atoms with Gasteiger partial charge in [0.15, 0.2) is 0 Å². The van der Waals surface area contributed by atoms with E-state index in [0.717, 1.165) is 18.2 Å². The number of halogens is 1.